The predicted molar refractivity (Wildman–Crippen MR) is 86.3 cm³/mol. The van der Waals surface area contributed by atoms with Gasteiger partial charge in [0.15, 0.2) is 0 Å². The molecule has 128 valence electrons. The molecule has 0 saturated heterocycles. The van der Waals surface area contributed by atoms with Crippen LogP contribution in [-0.2, 0) is 25.5 Å². The first-order valence-electron chi connectivity index (χ1n) is 7.55. The molecule has 0 spiro atoms. The lowest BCUT2D eigenvalue weighted by Crippen LogP contribution is -2.40. The summed E-state index contributed by atoms with van der Waals surface area (Å²) in [5, 5.41) is 11.4. The molecule has 0 saturated carbocycles. The zero-order valence-electron chi connectivity index (χ0n) is 13.3. The highest BCUT2D eigenvalue weighted by molar-refractivity contribution is 5.92. The Kier molecular flexibility index (Phi) is 6.02. The van der Waals surface area contributed by atoms with Crippen LogP contribution >= 0.6 is 0 Å². The normalized spacial score (nSPS) is 15.3. The van der Waals surface area contributed by atoms with Crippen LogP contribution in [0.15, 0.2) is 18.3 Å². The van der Waals surface area contributed by atoms with Crippen molar-refractivity contribution in [2.75, 3.05) is 31.6 Å². The van der Waals surface area contributed by atoms with Crippen molar-refractivity contribution in [1.82, 2.24) is 9.88 Å². The minimum atomic E-state index is -1.05. The third-order valence-corrected chi connectivity index (χ3v) is 3.39. The fourth-order valence-electron chi connectivity index (χ4n) is 2.35. The van der Waals surface area contributed by atoms with Crippen molar-refractivity contribution in [3.63, 3.8) is 0 Å². The molecule has 0 radical (unpaired) electrons. The van der Waals surface area contributed by atoms with Crippen LogP contribution in [0.3, 0.4) is 0 Å². The van der Waals surface area contributed by atoms with Gasteiger partial charge in [-0.2, -0.15) is 0 Å². The van der Waals surface area contributed by atoms with Gasteiger partial charge in [-0.05, 0) is 36.6 Å². The van der Waals surface area contributed by atoms with Crippen molar-refractivity contribution in [1.29, 1.82) is 0 Å². The fraction of sp³-hybridized carbons (Fsp3) is 0.375. The van der Waals surface area contributed by atoms with Gasteiger partial charge in [-0.15, -0.1) is 0 Å². The van der Waals surface area contributed by atoms with Crippen molar-refractivity contribution in [3.05, 3.63) is 29.5 Å². The first kappa shape index (κ1) is 17.6. The van der Waals surface area contributed by atoms with Crippen molar-refractivity contribution in [3.8, 4) is 0 Å². The molecule has 0 bridgehead atoms. The number of rotatable bonds is 5. The van der Waals surface area contributed by atoms with E-state index in [9.17, 15) is 14.4 Å². The number of carboxylic acids is 1. The van der Waals surface area contributed by atoms with Gasteiger partial charge in [0.1, 0.15) is 5.82 Å². The third-order valence-electron chi connectivity index (χ3n) is 3.39. The minimum Gasteiger partial charge on any atom is -0.478 e. The van der Waals surface area contributed by atoms with Gasteiger partial charge in [0.25, 0.3) is 0 Å². The van der Waals surface area contributed by atoms with Crippen LogP contribution in [0, 0.1) is 0 Å². The van der Waals surface area contributed by atoms with E-state index in [0.29, 0.717) is 31.0 Å². The Morgan fingerprint density at radius 2 is 2.29 bits per heavy atom. The number of nitrogens with zero attached hydrogens (tertiary/aromatic N) is 2. The van der Waals surface area contributed by atoms with Crippen LogP contribution in [0.25, 0.3) is 6.08 Å². The number of aromatic nitrogens is 1. The van der Waals surface area contributed by atoms with Crippen LogP contribution in [-0.4, -0.2) is 59.1 Å². The van der Waals surface area contributed by atoms with Crippen LogP contribution < -0.4 is 5.32 Å². The maximum atomic E-state index is 12.0. The molecule has 1 amide bonds. The molecule has 8 nitrogen and oxygen atoms in total. The zero-order chi connectivity index (χ0) is 17.5. The Balaban J connectivity index is 2.13. The average molecular weight is 333 g/mol. The Labute approximate surface area is 139 Å². The molecule has 0 unspecified atom stereocenters. The number of esters is 1. The van der Waals surface area contributed by atoms with Gasteiger partial charge in [-0.1, -0.05) is 0 Å². The number of ether oxygens (including phenoxy) is 1. The number of hydrogen-bond acceptors (Lipinski definition) is 6. The molecule has 0 aliphatic carbocycles. The monoisotopic (exact) mass is 333 g/mol. The minimum absolute atomic E-state index is 0.0443. The van der Waals surface area contributed by atoms with E-state index in [0.717, 1.165) is 11.6 Å². The summed E-state index contributed by atoms with van der Waals surface area (Å²) in [7, 11) is 0. The molecule has 0 atom stereocenters. The fourth-order valence-corrected chi connectivity index (χ4v) is 2.35. The standard InChI is InChI=1S/C16H19N3O5/c1-2-24-15(23)10-19-6-5-12-7-11(3-4-14(21)22)8-17-16(12)18-13(20)9-19/h3-4,7-8H,2,5-6,9-10H2,1H3,(H,21,22)(H,17,18,20)/b4-3+. The number of aliphatic carboxylic acids is 1. The van der Waals surface area contributed by atoms with Crippen molar-refractivity contribution in [2.24, 2.45) is 0 Å². The highest BCUT2D eigenvalue weighted by Gasteiger charge is 2.20. The Bertz CT molecular complexity index is 672. The van der Waals surface area contributed by atoms with E-state index in [1.807, 2.05) is 0 Å². The second-order valence-corrected chi connectivity index (χ2v) is 5.26. The number of carbonyl (C=O) groups is 3. The van der Waals surface area contributed by atoms with E-state index in [4.69, 9.17) is 9.84 Å². The third kappa shape index (κ3) is 5.17. The quantitative estimate of drug-likeness (QED) is 0.598. The maximum Gasteiger partial charge on any atom is 0.328 e. The summed E-state index contributed by atoms with van der Waals surface area (Å²) in [4.78, 5) is 40.1. The molecule has 0 fully saturated rings. The molecule has 0 aromatic carbocycles. The van der Waals surface area contributed by atoms with E-state index in [1.165, 1.54) is 12.3 Å². The number of nitrogens with one attached hydrogen (secondary N) is 1. The van der Waals surface area contributed by atoms with Crippen LogP contribution in [0.4, 0.5) is 5.82 Å². The number of amides is 1. The summed E-state index contributed by atoms with van der Waals surface area (Å²) >= 11 is 0. The highest BCUT2D eigenvalue weighted by Crippen LogP contribution is 2.18. The van der Waals surface area contributed by atoms with Crippen molar-refractivity contribution >= 4 is 29.7 Å². The largest absolute Gasteiger partial charge is 0.478 e. The van der Waals surface area contributed by atoms with Gasteiger partial charge in [0.2, 0.25) is 5.91 Å². The van der Waals surface area contributed by atoms with Gasteiger partial charge >= 0.3 is 11.9 Å². The molecule has 2 heterocycles. The number of pyridine rings is 1. The lowest BCUT2D eigenvalue weighted by Gasteiger charge is -2.24. The van der Waals surface area contributed by atoms with E-state index < -0.39 is 5.97 Å². The van der Waals surface area contributed by atoms with E-state index in [-0.39, 0.29) is 25.0 Å². The van der Waals surface area contributed by atoms with E-state index >= 15 is 0 Å². The van der Waals surface area contributed by atoms with E-state index in [2.05, 4.69) is 10.3 Å². The smallest absolute Gasteiger partial charge is 0.328 e. The van der Waals surface area contributed by atoms with Gasteiger partial charge < -0.3 is 15.2 Å². The number of carboxylic acid groups (broad SMARTS) is 1. The van der Waals surface area contributed by atoms with Gasteiger partial charge in [0.05, 0.1) is 19.7 Å². The second kappa shape index (κ2) is 8.21. The number of anilines is 1. The molecule has 1 aliphatic rings. The molecule has 8 heteroatoms. The maximum absolute atomic E-state index is 12.0. The Morgan fingerprint density at radius 3 is 3.00 bits per heavy atom. The summed E-state index contributed by atoms with van der Waals surface area (Å²) in [6.45, 7) is 2.65. The summed E-state index contributed by atoms with van der Waals surface area (Å²) in [6, 6.07) is 1.77. The molecule has 1 aliphatic heterocycles. The van der Waals surface area contributed by atoms with Gasteiger partial charge in [-0.3, -0.25) is 14.5 Å². The number of fused-ring (bicyclic) bond motifs is 1. The molecular formula is C16H19N3O5. The summed E-state index contributed by atoms with van der Waals surface area (Å²) in [6.07, 6.45) is 4.53. The van der Waals surface area contributed by atoms with Crippen molar-refractivity contribution in [2.45, 2.75) is 13.3 Å². The van der Waals surface area contributed by atoms with Crippen molar-refractivity contribution < 1.29 is 24.2 Å². The molecule has 1 aromatic rings. The molecular weight excluding hydrogens is 314 g/mol. The van der Waals surface area contributed by atoms with Crippen LogP contribution in [0.1, 0.15) is 18.1 Å². The first-order valence-corrected chi connectivity index (χ1v) is 7.55. The Morgan fingerprint density at radius 1 is 1.50 bits per heavy atom. The van der Waals surface area contributed by atoms with E-state index in [1.54, 1.807) is 17.9 Å². The lowest BCUT2D eigenvalue weighted by atomic mass is 10.1. The first-order chi connectivity index (χ1) is 11.5. The molecule has 24 heavy (non-hydrogen) atoms. The average Bonchev–Trinajstić information content (AvgIpc) is 2.50. The van der Waals surface area contributed by atoms with Crippen LogP contribution in [0.5, 0.6) is 0 Å². The summed E-state index contributed by atoms with van der Waals surface area (Å²) in [5.41, 5.74) is 1.41. The summed E-state index contributed by atoms with van der Waals surface area (Å²) < 4.78 is 4.91. The summed E-state index contributed by atoms with van der Waals surface area (Å²) in [5.74, 6) is -1.22. The lowest BCUT2D eigenvalue weighted by molar-refractivity contribution is -0.144. The highest BCUT2D eigenvalue weighted by atomic mass is 16.5. The predicted octanol–water partition coefficient (Wildman–Crippen LogP) is 0.539. The molecule has 2 rings (SSSR count). The number of carbonyl (C=O) groups excluding carboxylic acids is 2. The SMILES string of the molecule is CCOC(=O)CN1CCc2cc(/C=C/C(=O)O)cnc2NC(=O)C1. The number of hydrogen-bond donors (Lipinski definition) is 2. The molecule has 1 aromatic heterocycles. The topological polar surface area (TPSA) is 109 Å². The van der Waals surface area contributed by atoms with Crippen LogP contribution in [0.2, 0.25) is 0 Å². The zero-order valence-corrected chi connectivity index (χ0v) is 13.3. The van der Waals surface area contributed by atoms with Gasteiger partial charge in [0, 0.05) is 18.8 Å². The second-order valence-electron chi connectivity index (χ2n) is 5.26. The Hall–Kier alpha value is -2.74. The van der Waals surface area contributed by atoms with Gasteiger partial charge in [-0.25, -0.2) is 9.78 Å². The molecule has 2 N–H and O–H groups in total.